The molecule has 2 saturated heterocycles. The number of aromatic nitrogens is 3. The number of benzene rings is 3. The van der Waals surface area contributed by atoms with Crippen molar-refractivity contribution < 1.29 is 18.0 Å². The predicted octanol–water partition coefficient (Wildman–Crippen LogP) is 5.55. The Morgan fingerprint density at radius 1 is 0.961 bits per heavy atom. The molecule has 1 unspecified atom stereocenters. The molecule has 13 heteroatoms. The average Bonchev–Trinajstić information content (AvgIpc) is 3.54. The van der Waals surface area contributed by atoms with Gasteiger partial charge >= 0.3 is 6.18 Å². The number of nitrogens with zero attached hydrogens (tertiary/aromatic N) is 6. The Hall–Kier alpha value is -5.27. The second kappa shape index (κ2) is 14.5. The van der Waals surface area contributed by atoms with Crippen LogP contribution in [0.15, 0.2) is 90.2 Å². The summed E-state index contributed by atoms with van der Waals surface area (Å²) < 4.78 is 41.8. The van der Waals surface area contributed by atoms with Gasteiger partial charge in [0.05, 0.1) is 12.1 Å². The topological polar surface area (TPSA) is 130 Å². The fraction of sp³-hybridized carbons (Fsp3) is 0.316. The van der Waals surface area contributed by atoms with Crippen LogP contribution in [-0.4, -0.2) is 75.8 Å². The van der Waals surface area contributed by atoms with E-state index in [-0.39, 0.29) is 11.8 Å². The van der Waals surface area contributed by atoms with Crippen molar-refractivity contribution >= 4 is 29.1 Å². The SMILES string of the molecule is Nc1cc(-c2cc(C3CCN(C(=O)C(c4ccc(C(F)(F)F)cc4)N4CCNCC4)CC3)n3ncnc(N)c23)ccc1C=NCc1ccccc1. The first-order valence-corrected chi connectivity index (χ1v) is 17.1. The van der Waals surface area contributed by atoms with Gasteiger partial charge in [0.1, 0.15) is 17.9 Å². The summed E-state index contributed by atoms with van der Waals surface area (Å²) in [7, 11) is 0. The smallest absolute Gasteiger partial charge is 0.398 e. The maximum Gasteiger partial charge on any atom is 0.416 e. The first-order chi connectivity index (χ1) is 24.7. The number of rotatable bonds is 8. The number of nitrogens with two attached hydrogens (primary N) is 2. The van der Waals surface area contributed by atoms with Gasteiger partial charge in [-0.3, -0.25) is 14.7 Å². The number of anilines is 2. The highest BCUT2D eigenvalue weighted by molar-refractivity contribution is 5.93. The van der Waals surface area contributed by atoms with Crippen molar-refractivity contribution in [1.82, 2.24) is 29.7 Å². The lowest BCUT2D eigenvalue weighted by Crippen LogP contribution is -2.51. The van der Waals surface area contributed by atoms with Gasteiger partial charge < -0.3 is 21.7 Å². The number of nitrogens with one attached hydrogen (secondary N) is 1. The minimum absolute atomic E-state index is 0.0787. The maximum atomic E-state index is 14.1. The third-order valence-corrected chi connectivity index (χ3v) is 9.88. The number of carbonyl (C=O) groups is 1. The van der Waals surface area contributed by atoms with Crippen LogP contribution in [0.25, 0.3) is 16.6 Å². The van der Waals surface area contributed by atoms with E-state index in [0.717, 1.165) is 40.1 Å². The molecule has 0 bridgehead atoms. The summed E-state index contributed by atoms with van der Waals surface area (Å²) in [6.07, 6.45) is 0.146. The Bertz CT molecular complexity index is 2010. The highest BCUT2D eigenvalue weighted by Crippen LogP contribution is 2.38. The Balaban J connectivity index is 1.10. The minimum Gasteiger partial charge on any atom is -0.398 e. The predicted molar refractivity (Wildman–Crippen MR) is 192 cm³/mol. The number of nitrogen functional groups attached to an aromatic ring is 2. The molecule has 10 nitrogen and oxygen atoms in total. The highest BCUT2D eigenvalue weighted by atomic mass is 19.4. The van der Waals surface area contributed by atoms with Crippen LogP contribution < -0.4 is 16.8 Å². The third kappa shape index (κ3) is 7.31. The van der Waals surface area contributed by atoms with Gasteiger partial charge in [0, 0.05) is 73.9 Å². The molecule has 264 valence electrons. The summed E-state index contributed by atoms with van der Waals surface area (Å²) >= 11 is 0. The Labute approximate surface area is 294 Å². The van der Waals surface area contributed by atoms with Crippen LogP contribution in [0.2, 0.25) is 0 Å². The van der Waals surface area contributed by atoms with Crippen LogP contribution in [-0.2, 0) is 17.5 Å². The number of fused-ring (bicyclic) bond motifs is 1. The molecular weight excluding hydrogens is 655 g/mol. The number of halogens is 3. The fourth-order valence-corrected chi connectivity index (χ4v) is 7.17. The number of hydrogen-bond acceptors (Lipinski definition) is 8. The Morgan fingerprint density at radius 3 is 2.37 bits per heavy atom. The number of amides is 1. The van der Waals surface area contributed by atoms with Gasteiger partial charge in [0.2, 0.25) is 5.91 Å². The number of hydrogen-bond donors (Lipinski definition) is 3. The van der Waals surface area contributed by atoms with Crippen LogP contribution in [0.1, 0.15) is 52.7 Å². The van der Waals surface area contributed by atoms with Gasteiger partial charge in [-0.05, 0) is 53.8 Å². The quantitative estimate of drug-likeness (QED) is 0.143. The Morgan fingerprint density at radius 2 is 1.69 bits per heavy atom. The summed E-state index contributed by atoms with van der Waals surface area (Å²) in [4.78, 5) is 26.9. The normalized spacial score (nSPS) is 17.0. The lowest BCUT2D eigenvalue weighted by molar-refractivity contribution is -0.138. The Kier molecular flexibility index (Phi) is 9.74. The van der Waals surface area contributed by atoms with Crippen LogP contribution >= 0.6 is 0 Å². The number of carbonyl (C=O) groups excluding carboxylic acids is 1. The van der Waals surface area contributed by atoms with Crippen molar-refractivity contribution in [3.63, 3.8) is 0 Å². The maximum absolute atomic E-state index is 14.1. The van der Waals surface area contributed by atoms with E-state index < -0.39 is 17.8 Å². The number of aliphatic imine (C=N–C) groups is 1. The molecule has 4 heterocycles. The van der Waals surface area contributed by atoms with Crippen LogP contribution in [0.5, 0.6) is 0 Å². The molecule has 0 radical (unpaired) electrons. The van der Waals surface area contributed by atoms with E-state index >= 15 is 0 Å². The summed E-state index contributed by atoms with van der Waals surface area (Å²) in [5.74, 6) is 0.335. The number of alkyl halides is 3. The van der Waals surface area contributed by atoms with Gasteiger partial charge in [-0.15, -0.1) is 0 Å². The lowest BCUT2D eigenvalue weighted by atomic mass is 9.91. The first kappa shape index (κ1) is 34.2. The van der Waals surface area contributed by atoms with Crippen LogP contribution in [0, 0.1) is 0 Å². The molecule has 0 aliphatic carbocycles. The van der Waals surface area contributed by atoms with E-state index in [1.165, 1.54) is 18.5 Å². The highest BCUT2D eigenvalue weighted by Gasteiger charge is 2.36. The van der Waals surface area contributed by atoms with Gasteiger partial charge in [0.25, 0.3) is 0 Å². The molecule has 2 aliphatic rings. The largest absolute Gasteiger partial charge is 0.416 e. The molecule has 2 aromatic heterocycles. The van der Waals surface area contributed by atoms with Gasteiger partial charge in [-0.1, -0.05) is 54.6 Å². The summed E-state index contributed by atoms with van der Waals surface area (Å²) in [6, 6.07) is 22.3. The molecule has 5 aromatic rings. The van der Waals surface area contributed by atoms with Crippen molar-refractivity contribution in [3.05, 3.63) is 113 Å². The van der Waals surface area contributed by atoms with Gasteiger partial charge in [-0.25, -0.2) is 9.50 Å². The van der Waals surface area contributed by atoms with E-state index in [1.54, 1.807) is 6.21 Å². The zero-order valence-electron chi connectivity index (χ0n) is 28.1. The second-order valence-electron chi connectivity index (χ2n) is 13.1. The summed E-state index contributed by atoms with van der Waals surface area (Å²) in [6.45, 7) is 4.22. The minimum atomic E-state index is -4.44. The molecule has 3 aromatic carbocycles. The van der Waals surface area contributed by atoms with E-state index in [2.05, 4.69) is 31.4 Å². The van der Waals surface area contributed by atoms with Crippen molar-refractivity contribution in [3.8, 4) is 11.1 Å². The molecule has 51 heavy (non-hydrogen) atoms. The van der Waals surface area contributed by atoms with Gasteiger partial charge in [-0.2, -0.15) is 18.3 Å². The van der Waals surface area contributed by atoms with Gasteiger partial charge in [0.15, 0.2) is 5.82 Å². The van der Waals surface area contributed by atoms with E-state index in [0.29, 0.717) is 81.2 Å². The molecule has 0 saturated carbocycles. The van der Waals surface area contributed by atoms with Crippen molar-refractivity contribution in [2.24, 2.45) is 4.99 Å². The number of piperidine rings is 1. The van der Waals surface area contributed by atoms with E-state index in [4.69, 9.17) is 11.5 Å². The first-order valence-electron chi connectivity index (χ1n) is 17.1. The second-order valence-corrected chi connectivity index (χ2v) is 13.1. The van der Waals surface area contributed by atoms with Crippen molar-refractivity contribution in [1.29, 1.82) is 0 Å². The monoisotopic (exact) mass is 695 g/mol. The standard InChI is InChI=1S/C38H40F3N9O/c39-38(40,41)30-10-8-27(9-11-30)34(48-18-14-44-15-19-48)37(51)49-16-12-26(13-17-49)33-21-31(35-36(43)46-24-47-50(33)35)28-6-7-29(32(42)20-28)23-45-22-25-4-2-1-3-5-25/h1-11,20-21,23-24,26,34,44H,12-19,22,42H2,(H2,43,46,47). The molecule has 1 amide bonds. The fourth-order valence-electron chi connectivity index (χ4n) is 7.17. The zero-order valence-corrected chi connectivity index (χ0v) is 28.1. The molecule has 2 aliphatic heterocycles. The van der Waals surface area contributed by atoms with Crippen molar-refractivity contribution in [2.75, 3.05) is 50.7 Å². The van der Waals surface area contributed by atoms with Crippen LogP contribution in [0.4, 0.5) is 24.7 Å². The molecule has 1 atom stereocenters. The molecule has 0 spiro atoms. The molecule has 2 fully saturated rings. The third-order valence-electron chi connectivity index (χ3n) is 9.88. The lowest BCUT2D eigenvalue weighted by Gasteiger charge is -2.39. The molecular formula is C38H40F3N9O. The van der Waals surface area contributed by atoms with E-state index in [1.807, 2.05) is 57.9 Å². The zero-order chi connectivity index (χ0) is 35.5. The summed E-state index contributed by atoms with van der Waals surface area (Å²) in [5.41, 5.74) is 18.7. The van der Waals surface area contributed by atoms with Crippen molar-refractivity contribution in [2.45, 2.75) is 37.5 Å². The molecule has 5 N–H and O–H groups in total. The average molecular weight is 696 g/mol. The van der Waals surface area contributed by atoms with Crippen LogP contribution in [0.3, 0.4) is 0 Å². The van der Waals surface area contributed by atoms with E-state index in [9.17, 15) is 18.0 Å². The number of likely N-dealkylation sites (tertiary alicyclic amines) is 1. The number of piperazine rings is 1. The summed E-state index contributed by atoms with van der Waals surface area (Å²) in [5, 5.41) is 7.87. The molecule has 7 rings (SSSR count).